The summed E-state index contributed by atoms with van der Waals surface area (Å²) in [5.41, 5.74) is 3.34. The quantitative estimate of drug-likeness (QED) is 0.580. The fourth-order valence-electron chi connectivity index (χ4n) is 3.26. The van der Waals surface area contributed by atoms with Gasteiger partial charge in [0.2, 0.25) is 0 Å². The van der Waals surface area contributed by atoms with Crippen molar-refractivity contribution in [3.05, 3.63) is 46.7 Å². The van der Waals surface area contributed by atoms with Crippen LogP contribution >= 0.6 is 11.8 Å². The lowest BCUT2D eigenvalue weighted by Crippen LogP contribution is -2.51. The molecule has 1 atom stereocenters. The first kappa shape index (κ1) is 18.1. The monoisotopic (exact) mass is 357 g/mol. The molecule has 2 heterocycles. The number of phenols is 1. The standard InChI is InChI=1S/C21H27NO2S/c1-20(2,3)15-11-13(12-16(17(15)23)21(4,5)6)10-14-18(24)22-8-7-9-25-19(14)22/h7-8,10-12,19,23H,9H2,1-6H3. The van der Waals surface area contributed by atoms with Crippen molar-refractivity contribution in [3.63, 3.8) is 0 Å². The number of aromatic hydroxyl groups is 1. The molecule has 1 fully saturated rings. The van der Waals surface area contributed by atoms with Gasteiger partial charge in [-0.05, 0) is 34.6 Å². The molecule has 0 bridgehead atoms. The van der Waals surface area contributed by atoms with Crippen LogP contribution in [-0.2, 0) is 15.6 Å². The lowest BCUT2D eigenvalue weighted by Gasteiger charge is -2.42. The molecule has 1 aromatic carbocycles. The number of rotatable bonds is 1. The SMILES string of the molecule is CC(C)(C)c1cc(C=C2C(=O)N3C=CCSC23)cc(C(C)(C)C)c1O. The highest BCUT2D eigenvalue weighted by molar-refractivity contribution is 8.00. The Morgan fingerprint density at radius 1 is 1.12 bits per heavy atom. The molecule has 0 aliphatic carbocycles. The molecule has 1 unspecified atom stereocenters. The van der Waals surface area contributed by atoms with Crippen LogP contribution in [0.3, 0.4) is 0 Å². The second-order valence-corrected chi connectivity index (χ2v) is 9.96. The topological polar surface area (TPSA) is 40.5 Å². The fraction of sp³-hybridized carbons (Fsp3) is 0.476. The van der Waals surface area contributed by atoms with E-state index in [9.17, 15) is 9.90 Å². The maximum Gasteiger partial charge on any atom is 0.257 e. The number of β-lactam (4-membered cyclic amide) rings is 1. The van der Waals surface area contributed by atoms with Crippen molar-refractivity contribution >= 4 is 23.7 Å². The van der Waals surface area contributed by atoms with E-state index < -0.39 is 0 Å². The molecule has 2 aliphatic rings. The van der Waals surface area contributed by atoms with E-state index in [1.54, 1.807) is 16.7 Å². The summed E-state index contributed by atoms with van der Waals surface area (Å²) < 4.78 is 0. The van der Waals surface area contributed by atoms with Gasteiger partial charge in [-0.1, -0.05) is 47.6 Å². The number of carbonyl (C=O) groups is 1. The van der Waals surface area contributed by atoms with E-state index in [1.165, 1.54) is 0 Å². The average molecular weight is 358 g/mol. The summed E-state index contributed by atoms with van der Waals surface area (Å²) in [4.78, 5) is 14.2. The zero-order chi connectivity index (χ0) is 18.6. The van der Waals surface area contributed by atoms with Crippen LogP contribution in [-0.4, -0.2) is 27.0 Å². The molecule has 3 rings (SSSR count). The number of thioether (sulfide) groups is 1. The van der Waals surface area contributed by atoms with Gasteiger partial charge in [-0.15, -0.1) is 11.8 Å². The van der Waals surface area contributed by atoms with E-state index in [0.717, 1.165) is 28.0 Å². The Labute approximate surface area is 154 Å². The minimum atomic E-state index is -0.170. The zero-order valence-corrected chi connectivity index (χ0v) is 16.7. The van der Waals surface area contributed by atoms with E-state index in [1.807, 2.05) is 30.5 Å². The van der Waals surface area contributed by atoms with Gasteiger partial charge in [-0.25, -0.2) is 0 Å². The smallest absolute Gasteiger partial charge is 0.257 e. The number of benzene rings is 1. The third-order valence-corrected chi connectivity index (χ3v) is 5.87. The van der Waals surface area contributed by atoms with Gasteiger partial charge < -0.3 is 5.11 Å². The predicted octanol–water partition coefficient (Wildman–Crippen LogP) is 4.80. The number of hydrogen-bond donors (Lipinski definition) is 1. The van der Waals surface area contributed by atoms with E-state index in [0.29, 0.717) is 5.75 Å². The summed E-state index contributed by atoms with van der Waals surface area (Å²) in [5.74, 6) is 1.39. The summed E-state index contributed by atoms with van der Waals surface area (Å²) in [6.07, 6.45) is 5.91. The molecular formula is C21H27NO2S. The molecular weight excluding hydrogens is 330 g/mol. The largest absolute Gasteiger partial charge is 0.507 e. The molecule has 3 nitrogen and oxygen atoms in total. The Hall–Kier alpha value is -1.68. The van der Waals surface area contributed by atoms with Crippen molar-refractivity contribution < 1.29 is 9.90 Å². The maximum atomic E-state index is 12.4. The van der Waals surface area contributed by atoms with Crippen LogP contribution in [0.4, 0.5) is 0 Å². The predicted molar refractivity (Wildman–Crippen MR) is 106 cm³/mol. The summed E-state index contributed by atoms with van der Waals surface area (Å²) in [7, 11) is 0. The molecule has 1 aromatic rings. The minimum absolute atomic E-state index is 0.0798. The molecule has 2 aliphatic heterocycles. The Morgan fingerprint density at radius 2 is 1.68 bits per heavy atom. The van der Waals surface area contributed by atoms with Crippen LogP contribution in [0.15, 0.2) is 30.0 Å². The second kappa shape index (κ2) is 5.94. The number of hydrogen-bond acceptors (Lipinski definition) is 3. The van der Waals surface area contributed by atoms with Crippen molar-refractivity contribution in [2.24, 2.45) is 0 Å². The molecule has 1 N–H and O–H groups in total. The van der Waals surface area contributed by atoms with Crippen molar-refractivity contribution in [3.8, 4) is 5.75 Å². The number of phenolic OH excluding ortho intramolecular Hbond substituents is 1. The highest BCUT2D eigenvalue weighted by atomic mass is 32.2. The Balaban J connectivity index is 2.10. The maximum absolute atomic E-state index is 12.4. The number of nitrogens with zero attached hydrogens (tertiary/aromatic N) is 1. The third-order valence-electron chi connectivity index (χ3n) is 4.69. The molecule has 4 heteroatoms. The van der Waals surface area contributed by atoms with Crippen LogP contribution in [0, 0.1) is 0 Å². The molecule has 1 amide bonds. The van der Waals surface area contributed by atoms with Gasteiger partial charge in [0.05, 0.1) is 5.57 Å². The molecule has 134 valence electrons. The summed E-state index contributed by atoms with van der Waals surface area (Å²) in [6.45, 7) is 12.6. The van der Waals surface area contributed by atoms with Gasteiger partial charge in [-0.3, -0.25) is 9.69 Å². The Morgan fingerprint density at radius 3 is 2.20 bits per heavy atom. The van der Waals surface area contributed by atoms with Gasteiger partial charge in [0, 0.05) is 23.1 Å². The summed E-state index contributed by atoms with van der Waals surface area (Å²) in [6, 6.07) is 4.05. The first-order valence-electron chi connectivity index (χ1n) is 8.70. The van der Waals surface area contributed by atoms with Gasteiger partial charge in [0.1, 0.15) is 11.1 Å². The van der Waals surface area contributed by atoms with Crippen molar-refractivity contribution in [2.75, 3.05) is 5.75 Å². The average Bonchev–Trinajstić information content (AvgIpc) is 2.51. The highest BCUT2D eigenvalue weighted by Crippen LogP contribution is 2.42. The normalized spacial score (nSPS) is 22.2. The number of carbonyl (C=O) groups excluding carboxylic acids is 1. The third kappa shape index (κ3) is 3.24. The van der Waals surface area contributed by atoms with Crippen molar-refractivity contribution in [1.29, 1.82) is 0 Å². The molecule has 0 spiro atoms. The number of amides is 1. The lowest BCUT2D eigenvalue weighted by molar-refractivity contribution is -0.130. The minimum Gasteiger partial charge on any atom is -0.507 e. The summed E-state index contributed by atoms with van der Waals surface area (Å²) in [5, 5.41) is 10.9. The van der Waals surface area contributed by atoms with Crippen LogP contribution in [0.2, 0.25) is 0 Å². The Kier molecular flexibility index (Phi) is 4.31. The van der Waals surface area contributed by atoms with Crippen molar-refractivity contribution in [2.45, 2.75) is 57.7 Å². The molecule has 0 aromatic heterocycles. The van der Waals surface area contributed by atoms with Crippen molar-refractivity contribution in [1.82, 2.24) is 4.90 Å². The zero-order valence-electron chi connectivity index (χ0n) is 15.9. The molecule has 0 radical (unpaired) electrons. The Bertz CT molecular complexity index is 743. The van der Waals surface area contributed by atoms with Crippen LogP contribution in [0.25, 0.3) is 6.08 Å². The van der Waals surface area contributed by atoms with Gasteiger partial charge >= 0.3 is 0 Å². The fourth-order valence-corrected chi connectivity index (χ4v) is 4.31. The van der Waals surface area contributed by atoms with E-state index in [-0.39, 0.29) is 22.1 Å². The second-order valence-electron chi connectivity index (χ2n) is 8.85. The number of fused-ring (bicyclic) bond motifs is 1. The summed E-state index contributed by atoms with van der Waals surface area (Å²) >= 11 is 1.77. The lowest BCUT2D eigenvalue weighted by atomic mass is 9.78. The van der Waals surface area contributed by atoms with Gasteiger partial charge in [0.15, 0.2) is 0 Å². The first-order valence-corrected chi connectivity index (χ1v) is 9.75. The highest BCUT2D eigenvalue weighted by Gasteiger charge is 2.42. The molecule has 0 saturated carbocycles. The van der Waals surface area contributed by atoms with Crippen LogP contribution in [0.5, 0.6) is 5.75 Å². The van der Waals surface area contributed by atoms with E-state index >= 15 is 0 Å². The van der Waals surface area contributed by atoms with Crippen LogP contribution in [0.1, 0.15) is 58.2 Å². The first-order chi connectivity index (χ1) is 11.5. The van der Waals surface area contributed by atoms with E-state index in [4.69, 9.17) is 0 Å². The van der Waals surface area contributed by atoms with Crippen LogP contribution < -0.4 is 0 Å². The van der Waals surface area contributed by atoms with Gasteiger partial charge in [0.25, 0.3) is 5.91 Å². The molecule has 1 saturated heterocycles. The van der Waals surface area contributed by atoms with E-state index in [2.05, 4.69) is 41.5 Å². The molecule has 25 heavy (non-hydrogen) atoms. The van der Waals surface area contributed by atoms with Gasteiger partial charge in [-0.2, -0.15) is 0 Å².